The Labute approximate surface area is 81.7 Å². The van der Waals surface area contributed by atoms with E-state index in [0.717, 1.165) is 5.75 Å². The SMILES string of the molecule is CCSc1nnc([C@H](C)N)o1.Cl. The van der Waals surface area contributed by atoms with Crippen LogP contribution >= 0.6 is 24.2 Å². The van der Waals surface area contributed by atoms with Crippen LogP contribution < -0.4 is 5.73 Å². The van der Waals surface area contributed by atoms with Gasteiger partial charge in [0.25, 0.3) is 5.22 Å². The van der Waals surface area contributed by atoms with Crippen molar-refractivity contribution in [3.05, 3.63) is 5.89 Å². The Balaban J connectivity index is 0.00000121. The predicted molar refractivity (Wildman–Crippen MR) is 50.5 cm³/mol. The van der Waals surface area contributed by atoms with Crippen molar-refractivity contribution >= 4 is 24.2 Å². The minimum absolute atomic E-state index is 0. The fourth-order valence-electron chi connectivity index (χ4n) is 0.586. The first-order valence-electron chi connectivity index (χ1n) is 3.45. The summed E-state index contributed by atoms with van der Waals surface area (Å²) in [4.78, 5) is 0. The van der Waals surface area contributed by atoms with Crippen LogP contribution in [-0.4, -0.2) is 16.0 Å². The van der Waals surface area contributed by atoms with Gasteiger partial charge in [-0.1, -0.05) is 18.7 Å². The molecule has 0 aliphatic heterocycles. The molecule has 0 saturated carbocycles. The van der Waals surface area contributed by atoms with E-state index >= 15 is 0 Å². The number of nitrogens with zero attached hydrogens (tertiary/aromatic N) is 2. The van der Waals surface area contributed by atoms with E-state index in [1.165, 1.54) is 11.8 Å². The molecule has 0 radical (unpaired) electrons. The van der Waals surface area contributed by atoms with Gasteiger partial charge in [-0.25, -0.2) is 0 Å². The molecule has 6 heteroatoms. The number of nitrogens with two attached hydrogens (primary N) is 1. The Hall–Kier alpha value is -0.260. The molecule has 2 N–H and O–H groups in total. The Morgan fingerprint density at radius 3 is 2.67 bits per heavy atom. The van der Waals surface area contributed by atoms with Gasteiger partial charge in [-0.2, -0.15) is 0 Å². The third-order valence-corrected chi connectivity index (χ3v) is 1.78. The Morgan fingerprint density at radius 2 is 2.25 bits per heavy atom. The number of halogens is 1. The molecule has 0 aliphatic rings. The van der Waals surface area contributed by atoms with Crippen molar-refractivity contribution < 1.29 is 4.42 Å². The summed E-state index contributed by atoms with van der Waals surface area (Å²) in [5.41, 5.74) is 5.52. The van der Waals surface area contributed by atoms with E-state index in [2.05, 4.69) is 10.2 Å². The second kappa shape index (κ2) is 5.40. The predicted octanol–water partition coefficient (Wildman–Crippen LogP) is 1.62. The first-order chi connectivity index (χ1) is 5.24. The molecule has 0 bridgehead atoms. The first kappa shape index (κ1) is 11.7. The summed E-state index contributed by atoms with van der Waals surface area (Å²) in [7, 11) is 0. The van der Waals surface area contributed by atoms with Gasteiger partial charge in [-0.05, 0) is 12.7 Å². The molecule has 1 aromatic heterocycles. The lowest BCUT2D eigenvalue weighted by Gasteiger charge is -1.93. The van der Waals surface area contributed by atoms with Gasteiger partial charge >= 0.3 is 0 Å². The van der Waals surface area contributed by atoms with Crippen LogP contribution in [0.15, 0.2) is 9.64 Å². The second-order valence-corrected chi connectivity index (χ2v) is 3.34. The molecule has 1 heterocycles. The van der Waals surface area contributed by atoms with Crippen LogP contribution in [0.5, 0.6) is 0 Å². The van der Waals surface area contributed by atoms with E-state index in [-0.39, 0.29) is 18.4 Å². The van der Waals surface area contributed by atoms with Crippen LogP contribution in [0.4, 0.5) is 0 Å². The van der Waals surface area contributed by atoms with E-state index in [9.17, 15) is 0 Å². The van der Waals surface area contributed by atoms with Crippen molar-refractivity contribution in [2.75, 3.05) is 5.75 Å². The summed E-state index contributed by atoms with van der Waals surface area (Å²) in [5.74, 6) is 1.43. The number of hydrogen-bond acceptors (Lipinski definition) is 5. The average molecular weight is 210 g/mol. The Morgan fingerprint density at radius 1 is 1.58 bits per heavy atom. The van der Waals surface area contributed by atoms with Crippen molar-refractivity contribution in [3.8, 4) is 0 Å². The number of aromatic nitrogens is 2. The smallest absolute Gasteiger partial charge is 0.276 e. The quantitative estimate of drug-likeness (QED) is 0.767. The molecule has 1 atom stereocenters. The molecule has 1 rings (SSSR count). The summed E-state index contributed by atoms with van der Waals surface area (Å²) >= 11 is 1.52. The highest BCUT2D eigenvalue weighted by Gasteiger charge is 2.08. The van der Waals surface area contributed by atoms with Crippen molar-refractivity contribution in [2.45, 2.75) is 25.1 Å². The number of thioether (sulfide) groups is 1. The summed E-state index contributed by atoms with van der Waals surface area (Å²) in [6.45, 7) is 3.84. The van der Waals surface area contributed by atoms with Gasteiger partial charge < -0.3 is 10.2 Å². The van der Waals surface area contributed by atoms with Crippen LogP contribution in [-0.2, 0) is 0 Å². The lowest BCUT2D eigenvalue weighted by Crippen LogP contribution is -2.04. The molecule has 0 spiro atoms. The van der Waals surface area contributed by atoms with Crippen molar-refractivity contribution in [1.29, 1.82) is 0 Å². The molecule has 0 saturated heterocycles. The zero-order valence-electron chi connectivity index (χ0n) is 6.98. The van der Waals surface area contributed by atoms with E-state index in [4.69, 9.17) is 10.2 Å². The highest BCUT2D eigenvalue weighted by Crippen LogP contribution is 2.17. The Bertz CT molecular complexity index is 228. The molecule has 0 fully saturated rings. The Kier molecular flexibility index (Phi) is 5.28. The minimum atomic E-state index is -0.172. The summed E-state index contributed by atoms with van der Waals surface area (Å²) in [6, 6.07) is -0.172. The molecule has 0 aliphatic carbocycles. The summed E-state index contributed by atoms with van der Waals surface area (Å²) in [5, 5.41) is 8.16. The molecule has 0 amide bonds. The molecule has 4 nitrogen and oxygen atoms in total. The minimum Gasteiger partial charge on any atom is -0.414 e. The van der Waals surface area contributed by atoms with Crippen LogP contribution in [0, 0.1) is 0 Å². The van der Waals surface area contributed by atoms with Crippen LogP contribution in [0.3, 0.4) is 0 Å². The third kappa shape index (κ3) is 3.00. The van der Waals surface area contributed by atoms with Gasteiger partial charge in [0.2, 0.25) is 5.89 Å². The lowest BCUT2D eigenvalue weighted by atomic mass is 10.4. The normalized spacial score (nSPS) is 12.2. The highest BCUT2D eigenvalue weighted by molar-refractivity contribution is 7.99. The second-order valence-electron chi connectivity index (χ2n) is 2.13. The van der Waals surface area contributed by atoms with E-state index < -0.39 is 0 Å². The van der Waals surface area contributed by atoms with Gasteiger partial charge in [-0.3, -0.25) is 0 Å². The van der Waals surface area contributed by atoms with Crippen molar-refractivity contribution in [3.63, 3.8) is 0 Å². The first-order valence-corrected chi connectivity index (χ1v) is 4.44. The topological polar surface area (TPSA) is 64.9 Å². The molecular weight excluding hydrogens is 198 g/mol. The van der Waals surface area contributed by atoms with Crippen molar-refractivity contribution in [1.82, 2.24) is 10.2 Å². The lowest BCUT2D eigenvalue weighted by molar-refractivity contribution is 0.394. The van der Waals surface area contributed by atoms with Gasteiger partial charge in [0.05, 0.1) is 6.04 Å². The molecule has 1 aromatic rings. The van der Waals surface area contributed by atoms with E-state index in [1.807, 2.05) is 13.8 Å². The average Bonchev–Trinajstić information content (AvgIpc) is 2.37. The maximum atomic E-state index is 5.52. The van der Waals surface area contributed by atoms with E-state index in [1.54, 1.807) is 0 Å². The number of rotatable bonds is 3. The fraction of sp³-hybridized carbons (Fsp3) is 0.667. The van der Waals surface area contributed by atoms with Gasteiger partial charge in [0.1, 0.15) is 0 Å². The standard InChI is InChI=1S/C6H11N3OS.ClH/c1-3-11-6-9-8-5(10-6)4(2)7;/h4H,3,7H2,1-2H3;1H/t4-;/m0./s1. The number of hydrogen-bond donors (Lipinski definition) is 1. The largest absolute Gasteiger partial charge is 0.414 e. The maximum Gasteiger partial charge on any atom is 0.276 e. The fourth-order valence-corrected chi connectivity index (χ4v) is 1.08. The molecule has 12 heavy (non-hydrogen) atoms. The van der Waals surface area contributed by atoms with Gasteiger partial charge in [-0.15, -0.1) is 22.6 Å². The van der Waals surface area contributed by atoms with Crippen LogP contribution in [0.2, 0.25) is 0 Å². The van der Waals surface area contributed by atoms with Gasteiger partial charge in [0, 0.05) is 0 Å². The molecule has 70 valence electrons. The van der Waals surface area contributed by atoms with Gasteiger partial charge in [0.15, 0.2) is 0 Å². The highest BCUT2D eigenvalue weighted by atomic mass is 35.5. The zero-order valence-corrected chi connectivity index (χ0v) is 8.61. The third-order valence-electron chi connectivity index (χ3n) is 1.08. The monoisotopic (exact) mass is 209 g/mol. The zero-order chi connectivity index (χ0) is 8.27. The molecular formula is C6H12ClN3OS. The summed E-state index contributed by atoms with van der Waals surface area (Å²) in [6.07, 6.45) is 0. The van der Waals surface area contributed by atoms with Crippen LogP contribution in [0.25, 0.3) is 0 Å². The molecule has 0 unspecified atom stereocenters. The van der Waals surface area contributed by atoms with Crippen molar-refractivity contribution in [2.24, 2.45) is 5.73 Å². The van der Waals surface area contributed by atoms with Crippen LogP contribution in [0.1, 0.15) is 25.8 Å². The van der Waals surface area contributed by atoms with E-state index in [0.29, 0.717) is 11.1 Å². The summed E-state index contributed by atoms with van der Waals surface area (Å²) < 4.78 is 5.20. The maximum absolute atomic E-state index is 5.52. The molecule has 0 aromatic carbocycles.